The minimum atomic E-state index is -0.613. The number of carbonyl (C=O) groups is 2. The first-order valence-corrected chi connectivity index (χ1v) is 10.1. The number of benzene rings is 2. The van der Waals surface area contributed by atoms with E-state index in [9.17, 15) is 9.59 Å². The third-order valence-electron chi connectivity index (χ3n) is 5.78. The second kappa shape index (κ2) is 8.29. The molecule has 0 saturated heterocycles. The molecule has 1 aliphatic heterocycles. The standard InChI is InChI=1S/C24H25NO4/c1-15-21(24(27)29-14-13-28-2)22(23-19(25-15)11-6-12-20(23)26)18-10-5-8-16-7-3-4-9-17(16)18/h3-5,7-10,21-22H,6,11-14H2,1-2H3/t21?,22-/m1/s1. The number of aliphatic imine (C=N–C) groups is 1. The highest BCUT2D eigenvalue weighted by Crippen LogP contribution is 2.45. The number of allylic oxidation sites excluding steroid dienone is 2. The fraction of sp³-hybridized carbons (Fsp3) is 0.375. The van der Waals surface area contributed by atoms with Gasteiger partial charge in [-0.3, -0.25) is 14.6 Å². The number of nitrogens with zero attached hydrogens (tertiary/aromatic N) is 1. The van der Waals surface area contributed by atoms with Crippen LogP contribution in [0.4, 0.5) is 0 Å². The molecular weight excluding hydrogens is 366 g/mol. The zero-order valence-electron chi connectivity index (χ0n) is 16.8. The third kappa shape index (κ3) is 3.62. The van der Waals surface area contributed by atoms with Crippen molar-refractivity contribution in [3.05, 3.63) is 59.3 Å². The molecule has 0 N–H and O–H groups in total. The van der Waals surface area contributed by atoms with Crippen LogP contribution in [-0.4, -0.2) is 37.8 Å². The Morgan fingerprint density at radius 3 is 2.72 bits per heavy atom. The molecule has 0 amide bonds. The molecule has 4 rings (SSSR count). The second-order valence-electron chi connectivity index (χ2n) is 7.57. The predicted molar refractivity (Wildman–Crippen MR) is 112 cm³/mol. The molecule has 2 aromatic rings. The number of hydrogen-bond acceptors (Lipinski definition) is 5. The van der Waals surface area contributed by atoms with E-state index in [1.807, 2.05) is 49.4 Å². The SMILES string of the molecule is COCCOC(=O)C1C(C)=NC2=C(C(=O)CCC2)[C@@H]1c1cccc2ccccc12. The van der Waals surface area contributed by atoms with Gasteiger partial charge in [-0.1, -0.05) is 42.5 Å². The summed E-state index contributed by atoms with van der Waals surface area (Å²) in [5.74, 6) is -1.25. The van der Waals surface area contributed by atoms with Crippen LogP contribution >= 0.6 is 0 Å². The van der Waals surface area contributed by atoms with E-state index in [4.69, 9.17) is 9.47 Å². The molecule has 150 valence electrons. The zero-order valence-corrected chi connectivity index (χ0v) is 16.8. The molecule has 0 saturated carbocycles. The van der Waals surface area contributed by atoms with Crippen LogP contribution < -0.4 is 0 Å². The fourth-order valence-corrected chi connectivity index (χ4v) is 4.48. The van der Waals surface area contributed by atoms with Gasteiger partial charge in [0.2, 0.25) is 0 Å². The molecule has 0 aromatic heterocycles. The normalized spacial score (nSPS) is 21.7. The summed E-state index contributed by atoms with van der Waals surface area (Å²) in [5, 5.41) is 2.14. The Hall–Kier alpha value is -2.79. The number of methoxy groups -OCH3 is 1. The lowest BCUT2D eigenvalue weighted by Gasteiger charge is -2.35. The summed E-state index contributed by atoms with van der Waals surface area (Å²) >= 11 is 0. The number of esters is 1. The molecule has 1 unspecified atom stereocenters. The van der Waals surface area contributed by atoms with Gasteiger partial charge in [0.25, 0.3) is 0 Å². The Labute approximate surface area is 170 Å². The summed E-state index contributed by atoms with van der Waals surface area (Å²) in [6, 6.07) is 14.1. The van der Waals surface area contributed by atoms with Gasteiger partial charge in [0.05, 0.1) is 6.61 Å². The van der Waals surface area contributed by atoms with E-state index in [0.29, 0.717) is 24.3 Å². The maximum atomic E-state index is 13.1. The van der Waals surface area contributed by atoms with Crippen molar-refractivity contribution in [3.63, 3.8) is 0 Å². The van der Waals surface area contributed by atoms with Crippen LogP contribution in [0.15, 0.2) is 58.7 Å². The molecule has 2 aromatic carbocycles. The summed E-state index contributed by atoms with van der Waals surface area (Å²) in [4.78, 5) is 30.8. The highest BCUT2D eigenvalue weighted by atomic mass is 16.6. The number of ketones is 1. The number of rotatable bonds is 5. The first-order valence-electron chi connectivity index (χ1n) is 10.1. The Morgan fingerprint density at radius 1 is 1.10 bits per heavy atom. The van der Waals surface area contributed by atoms with Gasteiger partial charge >= 0.3 is 5.97 Å². The molecule has 0 fully saturated rings. The summed E-state index contributed by atoms with van der Waals surface area (Å²) in [5.41, 5.74) is 3.21. The second-order valence-corrected chi connectivity index (χ2v) is 7.57. The van der Waals surface area contributed by atoms with Crippen LogP contribution in [0.3, 0.4) is 0 Å². The van der Waals surface area contributed by atoms with Gasteiger partial charge < -0.3 is 9.47 Å². The van der Waals surface area contributed by atoms with Gasteiger partial charge in [0.15, 0.2) is 5.78 Å². The first kappa shape index (κ1) is 19.5. The first-order chi connectivity index (χ1) is 14.1. The molecule has 1 heterocycles. The van der Waals surface area contributed by atoms with Gasteiger partial charge in [-0.15, -0.1) is 0 Å². The number of Topliss-reactive ketones (excluding diaryl/α,β-unsaturated/α-hetero) is 1. The molecule has 2 atom stereocenters. The maximum absolute atomic E-state index is 13.1. The van der Waals surface area contributed by atoms with Crippen molar-refractivity contribution < 1.29 is 19.1 Å². The average molecular weight is 391 g/mol. The molecule has 5 nitrogen and oxygen atoms in total. The van der Waals surface area contributed by atoms with Crippen molar-refractivity contribution in [2.45, 2.75) is 32.1 Å². The molecule has 0 spiro atoms. The van der Waals surface area contributed by atoms with Gasteiger partial charge in [-0.25, -0.2) is 0 Å². The quantitative estimate of drug-likeness (QED) is 0.566. The third-order valence-corrected chi connectivity index (χ3v) is 5.78. The minimum absolute atomic E-state index is 0.0927. The van der Waals surface area contributed by atoms with Gasteiger partial charge in [-0.2, -0.15) is 0 Å². The van der Waals surface area contributed by atoms with E-state index in [2.05, 4.69) is 4.99 Å². The molecule has 29 heavy (non-hydrogen) atoms. The summed E-state index contributed by atoms with van der Waals surface area (Å²) < 4.78 is 10.5. The number of carbonyl (C=O) groups excluding carboxylic acids is 2. The van der Waals surface area contributed by atoms with E-state index in [1.165, 1.54) is 0 Å². The van der Waals surface area contributed by atoms with Crippen molar-refractivity contribution in [2.24, 2.45) is 10.9 Å². The molecular formula is C24H25NO4. The molecule has 0 radical (unpaired) electrons. The Kier molecular flexibility index (Phi) is 5.58. The van der Waals surface area contributed by atoms with E-state index >= 15 is 0 Å². The molecule has 0 bridgehead atoms. The van der Waals surface area contributed by atoms with E-state index in [-0.39, 0.29) is 24.3 Å². The van der Waals surface area contributed by atoms with Crippen LogP contribution in [-0.2, 0) is 19.1 Å². The zero-order chi connectivity index (χ0) is 20.4. The lowest BCUT2D eigenvalue weighted by molar-refractivity contribution is -0.147. The number of ether oxygens (including phenoxy) is 2. The maximum Gasteiger partial charge on any atom is 0.315 e. The summed E-state index contributed by atoms with van der Waals surface area (Å²) in [6.07, 6.45) is 2.07. The number of hydrogen-bond donors (Lipinski definition) is 0. The fourth-order valence-electron chi connectivity index (χ4n) is 4.48. The largest absolute Gasteiger partial charge is 0.463 e. The highest BCUT2D eigenvalue weighted by molar-refractivity contribution is 6.09. The van der Waals surface area contributed by atoms with Gasteiger partial charge in [0.1, 0.15) is 12.5 Å². The smallest absolute Gasteiger partial charge is 0.315 e. The summed E-state index contributed by atoms with van der Waals surface area (Å²) in [6.45, 7) is 2.38. The van der Waals surface area contributed by atoms with E-state index in [0.717, 1.165) is 34.9 Å². The van der Waals surface area contributed by atoms with Gasteiger partial charge in [0, 0.05) is 36.4 Å². The summed E-state index contributed by atoms with van der Waals surface area (Å²) in [7, 11) is 1.57. The molecule has 2 aliphatic rings. The lowest BCUT2D eigenvalue weighted by atomic mass is 9.71. The van der Waals surface area contributed by atoms with Crippen molar-refractivity contribution in [2.75, 3.05) is 20.3 Å². The topological polar surface area (TPSA) is 65.0 Å². The monoisotopic (exact) mass is 391 g/mol. The predicted octanol–water partition coefficient (Wildman–Crippen LogP) is 4.21. The van der Waals surface area contributed by atoms with Crippen LogP contribution in [0.5, 0.6) is 0 Å². The van der Waals surface area contributed by atoms with Crippen molar-refractivity contribution >= 4 is 28.2 Å². The van der Waals surface area contributed by atoms with Crippen LogP contribution in [0.1, 0.15) is 37.7 Å². The Morgan fingerprint density at radius 2 is 1.90 bits per heavy atom. The van der Waals surface area contributed by atoms with E-state index in [1.54, 1.807) is 7.11 Å². The van der Waals surface area contributed by atoms with Gasteiger partial charge in [-0.05, 0) is 36.1 Å². The van der Waals surface area contributed by atoms with Crippen molar-refractivity contribution in [1.29, 1.82) is 0 Å². The van der Waals surface area contributed by atoms with Crippen LogP contribution in [0.25, 0.3) is 10.8 Å². The van der Waals surface area contributed by atoms with Crippen LogP contribution in [0, 0.1) is 5.92 Å². The van der Waals surface area contributed by atoms with Crippen LogP contribution in [0.2, 0.25) is 0 Å². The van der Waals surface area contributed by atoms with Crippen molar-refractivity contribution in [1.82, 2.24) is 0 Å². The number of fused-ring (bicyclic) bond motifs is 1. The molecule has 5 heteroatoms. The Bertz CT molecular complexity index is 1020. The van der Waals surface area contributed by atoms with E-state index < -0.39 is 5.92 Å². The molecule has 1 aliphatic carbocycles. The minimum Gasteiger partial charge on any atom is -0.463 e. The van der Waals surface area contributed by atoms with Crippen molar-refractivity contribution in [3.8, 4) is 0 Å². The average Bonchev–Trinajstić information content (AvgIpc) is 2.72. The Balaban J connectivity index is 1.86. The lowest BCUT2D eigenvalue weighted by Crippen LogP contribution is -2.37. The highest BCUT2D eigenvalue weighted by Gasteiger charge is 2.43.